The summed E-state index contributed by atoms with van der Waals surface area (Å²) in [7, 11) is 1.53. The molecule has 0 fully saturated rings. The van der Waals surface area contributed by atoms with Crippen LogP contribution in [-0.4, -0.2) is 57.1 Å². The Bertz CT molecular complexity index is 567. The molecule has 2 rings (SSSR count). The molecule has 2 heterocycles. The van der Waals surface area contributed by atoms with Crippen molar-refractivity contribution in [1.29, 1.82) is 0 Å². The van der Waals surface area contributed by atoms with Crippen molar-refractivity contribution in [2.24, 2.45) is 0 Å². The molecule has 2 aromatic heterocycles. The summed E-state index contributed by atoms with van der Waals surface area (Å²) in [6, 6.07) is 1.63. The van der Waals surface area contributed by atoms with Gasteiger partial charge in [0.05, 0.1) is 13.3 Å². The van der Waals surface area contributed by atoms with Gasteiger partial charge in [-0.2, -0.15) is 15.0 Å². The minimum Gasteiger partial charge on any atom is -0.480 e. The van der Waals surface area contributed by atoms with Crippen LogP contribution in [0.4, 0.5) is 11.9 Å². The molecule has 0 radical (unpaired) electrons. The normalized spacial score (nSPS) is 9.61. The molecular formula is C13H21ClN8O. The van der Waals surface area contributed by atoms with Gasteiger partial charge >= 0.3 is 0 Å². The van der Waals surface area contributed by atoms with E-state index in [1.165, 1.54) is 13.3 Å². The highest BCUT2D eigenvalue weighted by Crippen LogP contribution is 2.13. The molecule has 23 heavy (non-hydrogen) atoms. The average Bonchev–Trinajstić information content (AvgIpc) is 2.57. The number of hydrogen-bond acceptors (Lipinski definition) is 9. The zero-order valence-corrected chi connectivity index (χ0v) is 14.4. The molecule has 0 saturated carbocycles. The van der Waals surface area contributed by atoms with Crippen LogP contribution in [0, 0.1) is 0 Å². The largest absolute Gasteiger partial charge is 0.480 e. The van der Waals surface area contributed by atoms with E-state index in [0.29, 0.717) is 17.8 Å². The van der Waals surface area contributed by atoms with Gasteiger partial charge in [0, 0.05) is 25.7 Å². The number of rotatable bonds is 6. The van der Waals surface area contributed by atoms with Crippen molar-refractivity contribution in [2.75, 3.05) is 37.0 Å². The predicted molar refractivity (Wildman–Crippen MR) is 88.9 cm³/mol. The standard InChI is InChI=1S/C9H16ClN5.C4H5N3O/c1-4-11-8-12-7(10)13-9(14-8)15(5-2)6-3;1-8-4-2-3-5-7-6-4/h4-6H2,1-3H3,(H,11,12,13,14);2-3H,1H3. The summed E-state index contributed by atoms with van der Waals surface area (Å²) < 4.78 is 4.70. The van der Waals surface area contributed by atoms with E-state index in [1.807, 2.05) is 25.7 Å². The Labute approximate surface area is 140 Å². The summed E-state index contributed by atoms with van der Waals surface area (Å²) in [5.74, 6) is 1.63. The molecule has 0 amide bonds. The van der Waals surface area contributed by atoms with E-state index >= 15 is 0 Å². The first-order valence-corrected chi connectivity index (χ1v) is 7.61. The number of halogens is 1. The molecule has 1 N–H and O–H groups in total. The average molecular weight is 341 g/mol. The lowest BCUT2D eigenvalue weighted by molar-refractivity contribution is 0.388. The molecule has 0 saturated heterocycles. The van der Waals surface area contributed by atoms with Crippen LogP contribution >= 0.6 is 11.6 Å². The second-order valence-electron chi connectivity index (χ2n) is 4.09. The number of hydrogen-bond donors (Lipinski definition) is 1. The van der Waals surface area contributed by atoms with Gasteiger partial charge in [0.25, 0.3) is 0 Å². The minimum atomic E-state index is 0.225. The fourth-order valence-corrected chi connectivity index (χ4v) is 1.72. The second kappa shape index (κ2) is 10.4. The molecule has 0 spiro atoms. The van der Waals surface area contributed by atoms with Gasteiger partial charge in [-0.1, -0.05) is 5.10 Å². The van der Waals surface area contributed by atoms with E-state index in [0.717, 1.165) is 19.6 Å². The molecule has 0 aliphatic rings. The molecule has 2 aromatic rings. The first kappa shape index (κ1) is 18.8. The van der Waals surface area contributed by atoms with E-state index in [-0.39, 0.29) is 5.28 Å². The van der Waals surface area contributed by atoms with Crippen molar-refractivity contribution in [1.82, 2.24) is 30.4 Å². The lowest BCUT2D eigenvalue weighted by Gasteiger charge is -2.18. The van der Waals surface area contributed by atoms with E-state index in [1.54, 1.807) is 6.07 Å². The van der Waals surface area contributed by atoms with Gasteiger partial charge in [0.1, 0.15) is 0 Å². The summed E-state index contributed by atoms with van der Waals surface area (Å²) in [5, 5.41) is 13.5. The van der Waals surface area contributed by atoms with Gasteiger partial charge in [-0.3, -0.25) is 0 Å². The lowest BCUT2D eigenvalue weighted by atomic mass is 10.5. The van der Waals surface area contributed by atoms with E-state index in [4.69, 9.17) is 16.3 Å². The van der Waals surface area contributed by atoms with Gasteiger partial charge < -0.3 is 15.0 Å². The Morgan fingerprint density at radius 3 is 2.39 bits per heavy atom. The Morgan fingerprint density at radius 2 is 1.91 bits per heavy atom. The molecule has 9 nitrogen and oxygen atoms in total. The van der Waals surface area contributed by atoms with Crippen LogP contribution in [0.25, 0.3) is 0 Å². The van der Waals surface area contributed by atoms with Crippen LogP contribution in [0.2, 0.25) is 5.28 Å². The van der Waals surface area contributed by atoms with Crippen molar-refractivity contribution in [3.8, 4) is 5.88 Å². The Balaban J connectivity index is 0.000000277. The maximum atomic E-state index is 5.81. The first-order chi connectivity index (χ1) is 11.1. The van der Waals surface area contributed by atoms with Crippen molar-refractivity contribution < 1.29 is 4.74 Å². The summed E-state index contributed by atoms with van der Waals surface area (Å²) >= 11 is 5.81. The number of aromatic nitrogens is 6. The second-order valence-corrected chi connectivity index (χ2v) is 4.43. The van der Waals surface area contributed by atoms with Crippen LogP contribution in [-0.2, 0) is 0 Å². The third-order valence-corrected chi connectivity index (χ3v) is 2.83. The number of anilines is 2. The summed E-state index contributed by atoms with van der Waals surface area (Å²) in [6.45, 7) is 8.54. The Kier molecular flexibility index (Phi) is 8.51. The molecule has 0 unspecified atom stereocenters. The number of ether oxygens (including phenoxy) is 1. The van der Waals surface area contributed by atoms with Crippen LogP contribution in [0.3, 0.4) is 0 Å². The van der Waals surface area contributed by atoms with Crippen LogP contribution in [0.15, 0.2) is 12.3 Å². The van der Waals surface area contributed by atoms with Gasteiger partial charge in [-0.05, 0) is 37.6 Å². The third-order valence-electron chi connectivity index (χ3n) is 2.67. The van der Waals surface area contributed by atoms with E-state index in [2.05, 4.69) is 35.7 Å². The SMILES string of the molecule is CCNc1nc(Cl)nc(N(CC)CC)n1.COc1ccnnn1. The molecule has 0 atom stereocenters. The van der Waals surface area contributed by atoms with Crippen molar-refractivity contribution in [3.05, 3.63) is 17.5 Å². The quantitative estimate of drug-likeness (QED) is 0.841. The lowest BCUT2D eigenvalue weighted by Crippen LogP contribution is -2.25. The van der Waals surface area contributed by atoms with Gasteiger partial charge in [0.15, 0.2) is 0 Å². The zero-order valence-electron chi connectivity index (χ0n) is 13.7. The Hall–Kier alpha value is -2.29. The van der Waals surface area contributed by atoms with Crippen LogP contribution in [0.5, 0.6) is 5.88 Å². The van der Waals surface area contributed by atoms with E-state index in [9.17, 15) is 0 Å². The fourth-order valence-electron chi connectivity index (χ4n) is 1.56. The molecule has 10 heteroatoms. The number of nitrogens with zero attached hydrogens (tertiary/aromatic N) is 7. The molecule has 126 valence electrons. The number of nitrogens with one attached hydrogen (secondary N) is 1. The zero-order chi connectivity index (χ0) is 17.1. The predicted octanol–water partition coefficient (Wildman–Crippen LogP) is 1.68. The monoisotopic (exact) mass is 340 g/mol. The fraction of sp³-hybridized carbons (Fsp3) is 0.538. The smallest absolute Gasteiger partial charge is 0.236 e. The van der Waals surface area contributed by atoms with Crippen molar-refractivity contribution >= 4 is 23.5 Å². The first-order valence-electron chi connectivity index (χ1n) is 7.23. The minimum absolute atomic E-state index is 0.225. The highest BCUT2D eigenvalue weighted by molar-refractivity contribution is 6.28. The third kappa shape index (κ3) is 6.55. The topological polar surface area (TPSA) is 102 Å². The Morgan fingerprint density at radius 1 is 1.17 bits per heavy atom. The van der Waals surface area contributed by atoms with Crippen LogP contribution < -0.4 is 15.0 Å². The molecule has 0 aliphatic carbocycles. The molecule has 0 bridgehead atoms. The molecule has 0 aromatic carbocycles. The summed E-state index contributed by atoms with van der Waals surface area (Å²) in [6.07, 6.45) is 1.52. The summed E-state index contributed by atoms with van der Waals surface area (Å²) in [4.78, 5) is 14.4. The van der Waals surface area contributed by atoms with Gasteiger partial charge in [0.2, 0.25) is 23.1 Å². The highest BCUT2D eigenvalue weighted by Gasteiger charge is 2.09. The van der Waals surface area contributed by atoms with Crippen molar-refractivity contribution in [2.45, 2.75) is 20.8 Å². The molecule has 0 aliphatic heterocycles. The highest BCUT2D eigenvalue weighted by atomic mass is 35.5. The van der Waals surface area contributed by atoms with E-state index < -0.39 is 0 Å². The number of methoxy groups -OCH3 is 1. The van der Waals surface area contributed by atoms with Crippen molar-refractivity contribution in [3.63, 3.8) is 0 Å². The molecular weight excluding hydrogens is 320 g/mol. The maximum absolute atomic E-state index is 5.81. The van der Waals surface area contributed by atoms with Gasteiger partial charge in [-0.15, -0.1) is 5.10 Å². The van der Waals surface area contributed by atoms with Crippen LogP contribution in [0.1, 0.15) is 20.8 Å². The van der Waals surface area contributed by atoms with Gasteiger partial charge in [-0.25, -0.2) is 0 Å². The maximum Gasteiger partial charge on any atom is 0.236 e. The summed E-state index contributed by atoms with van der Waals surface area (Å²) in [5.41, 5.74) is 0.